The molecule has 0 aliphatic rings. The molecule has 0 aromatic carbocycles. The van der Waals surface area contributed by atoms with Crippen molar-refractivity contribution in [2.45, 2.75) is 20.3 Å². The molecule has 6 N–H and O–H groups in total. The van der Waals surface area contributed by atoms with E-state index in [1.54, 1.807) is 0 Å². The molecule has 0 aliphatic carbocycles. The highest BCUT2D eigenvalue weighted by atomic mass is 16.5. The Hall–Kier alpha value is -2.09. The number of aromatic nitrogens is 2. The number of nitrogen functional groups attached to an aromatic ring is 1. The summed E-state index contributed by atoms with van der Waals surface area (Å²) in [6.45, 7) is 4.37. The average molecular weight is 254 g/mol. The molecule has 8 nitrogen and oxygen atoms in total. The second-order valence-electron chi connectivity index (χ2n) is 3.55. The van der Waals surface area contributed by atoms with Crippen LogP contribution < -0.4 is 22.3 Å². The Morgan fingerprint density at radius 3 is 2.61 bits per heavy atom. The first-order valence-corrected chi connectivity index (χ1v) is 5.58. The predicted molar refractivity (Wildman–Crippen MR) is 68.0 cm³/mol. The molecule has 0 aliphatic heterocycles. The van der Waals surface area contributed by atoms with E-state index in [4.69, 9.17) is 11.6 Å². The van der Waals surface area contributed by atoms with Gasteiger partial charge in [0.2, 0.25) is 0 Å². The third-order valence-corrected chi connectivity index (χ3v) is 2.28. The van der Waals surface area contributed by atoms with Crippen LogP contribution in [-0.4, -0.2) is 29.2 Å². The second-order valence-corrected chi connectivity index (χ2v) is 3.55. The molecule has 1 rings (SSSR count). The Bertz CT molecular complexity index is 423. The molecule has 0 unspecified atom stereocenters. The molecule has 1 aromatic rings. The highest BCUT2D eigenvalue weighted by Gasteiger charge is 2.09. The number of hydrazine groups is 1. The smallest absolute Gasteiger partial charge is 0.404 e. The van der Waals surface area contributed by atoms with Crippen molar-refractivity contribution in [2.24, 2.45) is 11.6 Å². The highest BCUT2D eigenvalue weighted by molar-refractivity contribution is 5.64. The molecule has 1 amide bonds. The summed E-state index contributed by atoms with van der Waals surface area (Å²) < 4.78 is 4.61. The normalized spacial score (nSPS) is 9.94. The topological polar surface area (TPSA) is 128 Å². The van der Waals surface area contributed by atoms with E-state index in [9.17, 15) is 4.79 Å². The third kappa shape index (κ3) is 3.74. The number of amides is 1. The van der Waals surface area contributed by atoms with Crippen molar-refractivity contribution in [2.75, 3.05) is 23.9 Å². The number of nitrogens with one attached hydrogen (secondary N) is 2. The molecule has 18 heavy (non-hydrogen) atoms. The summed E-state index contributed by atoms with van der Waals surface area (Å²) in [5, 5.41) is 3.04. The van der Waals surface area contributed by atoms with Gasteiger partial charge in [-0.2, -0.15) is 0 Å². The summed E-state index contributed by atoms with van der Waals surface area (Å²) in [4.78, 5) is 19.0. The number of carbonyl (C=O) groups is 1. The summed E-state index contributed by atoms with van der Waals surface area (Å²) in [5.74, 6) is 7.28. The maximum absolute atomic E-state index is 10.4. The van der Waals surface area contributed by atoms with Crippen LogP contribution in [0.3, 0.4) is 0 Å². The minimum atomic E-state index is -0.797. The fraction of sp³-hybridized carbons (Fsp3) is 0.500. The van der Waals surface area contributed by atoms with E-state index in [1.807, 2.05) is 13.8 Å². The molecule has 0 radical (unpaired) electrons. The first-order valence-electron chi connectivity index (χ1n) is 5.58. The molecule has 0 atom stereocenters. The molecule has 8 heteroatoms. The zero-order valence-corrected chi connectivity index (χ0v) is 10.5. The van der Waals surface area contributed by atoms with E-state index in [0.29, 0.717) is 30.4 Å². The van der Waals surface area contributed by atoms with Crippen LogP contribution in [0.4, 0.5) is 16.4 Å². The Labute approximate surface area is 105 Å². The average Bonchev–Trinajstić information content (AvgIpc) is 2.36. The standard InChI is InChI=1S/C10H18N6O2/c1-3-7-14-8(6(2)9(15-7)16-12)13-4-5-18-10(11)17/h3-5,12H2,1-2H3,(H2,11,17)(H2,13,14,15,16). The monoisotopic (exact) mass is 254 g/mol. The Morgan fingerprint density at radius 1 is 1.39 bits per heavy atom. The quantitative estimate of drug-likeness (QED) is 0.323. The lowest BCUT2D eigenvalue weighted by molar-refractivity contribution is 0.161. The van der Waals surface area contributed by atoms with Gasteiger partial charge >= 0.3 is 6.09 Å². The van der Waals surface area contributed by atoms with Gasteiger partial charge in [0, 0.05) is 12.0 Å². The van der Waals surface area contributed by atoms with Crippen LogP contribution in [0.2, 0.25) is 0 Å². The third-order valence-electron chi connectivity index (χ3n) is 2.28. The van der Waals surface area contributed by atoms with E-state index in [-0.39, 0.29) is 6.61 Å². The molecular formula is C10H18N6O2. The molecular weight excluding hydrogens is 236 g/mol. The zero-order valence-electron chi connectivity index (χ0n) is 10.5. The van der Waals surface area contributed by atoms with Crippen molar-refractivity contribution in [1.82, 2.24) is 9.97 Å². The van der Waals surface area contributed by atoms with E-state index in [0.717, 1.165) is 5.56 Å². The van der Waals surface area contributed by atoms with Crippen LogP contribution in [0, 0.1) is 6.92 Å². The summed E-state index contributed by atoms with van der Waals surface area (Å²) >= 11 is 0. The van der Waals surface area contributed by atoms with E-state index < -0.39 is 6.09 Å². The molecule has 0 saturated heterocycles. The number of primary amides is 1. The van der Waals surface area contributed by atoms with Crippen molar-refractivity contribution >= 4 is 17.7 Å². The number of rotatable bonds is 6. The largest absolute Gasteiger partial charge is 0.448 e. The lowest BCUT2D eigenvalue weighted by Gasteiger charge is -2.12. The minimum Gasteiger partial charge on any atom is -0.448 e. The predicted octanol–water partition coefficient (Wildman–Crippen LogP) is 0.140. The lowest BCUT2D eigenvalue weighted by atomic mass is 10.3. The number of hydrogen-bond acceptors (Lipinski definition) is 7. The van der Waals surface area contributed by atoms with E-state index in [2.05, 4.69) is 25.4 Å². The molecule has 100 valence electrons. The van der Waals surface area contributed by atoms with Crippen molar-refractivity contribution in [1.29, 1.82) is 0 Å². The summed E-state index contributed by atoms with van der Waals surface area (Å²) in [6, 6.07) is 0. The zero-order chi connectivity index (χ0) is 13.5. The van der Waals surface area contributed by atoms with E-state index in [1.165, 1.54) is 0 Å². The number of nitrogens with two attached hydrogens (primary N) is 2. The summed E-state index contributed by atoms with van der Waals surface area (Å²) in [6.07, 6.45) is -0.101. The highest BCUT2D eigenvalue weighted by Crippen LogP contribution is 2.18. The van der Waals surface area contributed by atoms with Gasteiger partial charge < -0.3 is 21.2 Å². The number of ether oxygens (including phenoxy) is 1. The van der Waals surface area contributed by atoms with Crippen LogP contribution >= 0.6 is 0 Å². The Kier molecular flexibility index (Phi) is 5.12. The Morgan fingerprint density at radius 2 is 2.06 bits per heavy atom. The molecule has 1 heterocycles. The second kappa shape index (κ2) is 6.60. The summed E-state index contributed by atoms with van der Waals surface area (Å²) in [5.41, 5.74) is 8.17. The number of anilines is 2. The number of nitrogens with zero attached hydrogens (tertiary/aromatic N) is 2. The first kappa shape index (κ1) is 14.0. The van der Waals surface area contributed by atoms with Gasteiger partial charge in [-0.1, -0.05) is 6.92 Å². The van der Waals surface area contributed by atoms with Crippen molar-refractivity contribution in [3.63, 3.8) is 0 Å². The summed E-state index contributed by atoms with van der Waals surface area (Å²) in [7, 11) is 0. The van der Waals surface area contributed by atoms with Crippen molar-refractivity contribution < 1.29 is 9.53 Å². The van der Waals surface area contributed by atoms with Crippen LogP contribution in [-0.2, 0) is 11.2 Å². The van der Waals surface area contributed by atoms with E-state index >= 15 is 0 Å². The SMILES string of the molecule is CCc1nc(NN)c(C)c(NCCOC(N)=O)n1. The van der Waals surface area contributed by atoms with Gasteiger partial charge in [0.15, 0.2) is 0 Å². The maximum Gasteiger partial charge on any atom is 0.404 e. The lowest BCUT2D eigenvalue weighted by Crippen LogP contribution is -2.20. The number of hydrogen-bond donors (Lipinski definition) is 4. The maximum atomic E-state index is 10.4. The first-order chi connectivity index (χ1) is 8.58. The van der Waals surface area contributed by atoms with Crippen LogP contribution in [0.15, 0.2) is 0 Å². The molecule has 0 saturated carbocycles. The van der Waals surface area contributed by atoms with Gasteiger partial charge in [0.1, 0.15) is 24.1 Å². The van der Waals surface area contributed by atoms with Crippen molar-refractivity contribution in [3.8, 4) is 0 Å². The molecule has 0 spiro atoms. The van der Waals surface area contributed by atoms with Crippen molar-refractivity contribution in [3.05, 3.63) is 11.4 Å². The van der Waals surface area contributed by atoms with Gasteiger partial charge in [-0.15, -0.1) is 0 Å². The van der Waals surface area contributed by atoms with Gasteiger partial charge in [-0.05, 0) is 6.92 Å². The fourth-order valence-corrected chi connectivity index (χ4v) is 1.35. The molecule has 0 fully saturated rings. The molecule has 0 bridgehead atoms. The van der Waals surface area contributed by atoms with Gasteiger partial charge in [0.25, 0.3) is 0 Å². The van der Waals surface area contributed by atoms with Gasteiger partial charge in [0.05, 0.1) is 6.54 Å². The number of carbonyl (C=O) groups excluding carboxylic acids is 1. The number of aryl methyl sites for hydroxylation is 1. The van der Waals surface area contributed by atoms with Crippen LogP contribution in [0.1, 0.15) is 18.3 Å². The van der Waals surface area contributed by atoms with Crippen LogP contribution in [0.25, 0.3) is 0 Å². The van der Waals surface area contributed by atoms with Gasteiger partial charge in [-0.25, -0.2) is 20.6 Å². The van der Waals surface area contributed by atoms with Crippen LogP contribution in [0.5, 0.6) is 0 Å². The fourth-order valence-electron chi connectivity index (χ4n) is 1.35. The molecule has 1 aromatic heterocycles. The Balaban J connectivity index is 2.71. The van der Waals surface area contributed by atoms with Gasteiger partial charge in [-0.3, -0.25) is 0 Å². The minimum absolute atomic E-state index is 0.172.